The van der Waals surface area contributed by atoms with E-state index in [0.29, 0.717) is 11.3 Å². The van der Waals surface area contributed by atoms with Crippen molar-refractivity contribution in [2.24, 2.45) is 0 Å². The van der Waals surface area contributed by atoms with E-state index in [0.717, 1.165) is 15.2 Å². The summed E-state index contributed by atoms with van der Waals surface area (Å²) in [5.41, 5.74) is 0.937. The van der Waals surface area contributed by atoms with Crippen LogP contribution in [0.3, 0.4) is 0 Å². The van der Waals surface area contributed by atoms with Crippen molar-refractivity contribution in [1.82, 2.24) is 5.32 Å². The summed E-state index contributed by atoms with van der Waals surface area (Å²) in [4.78, 5) is 23.6. The van der Waals surface area contributed by atoms with Gasteiger partial charge in [-0.05, 0) is 53.3 Å². The number of rotatable bonds is 3. The molecule has 0 bridgehead atoms. The first kappa shape index (κ1) is 19.3. The van der Waals surface area contributed by atoms with E-state index in [2.05, 4.69) is 26.6 Å². The van der Waals surface area contributed by atoms with Crippen LogP contribution in [-0.2, 0) is 0 Å². The van der Waals surface area contributed by atoms with Crippen molar-refractivity contribution in [3.63, 3.8) is 0 Å². The maximum atomic E-state index is 12.6. The molecular weight excluding hydrogens is 452 g/mol. The average Bonchev–Trinajstić information content (AvgIpc) is 2.61. The fraction of sp³-hybridized carbons (Fsp3) is 0. The number of halogens is 2. The Labute approximate surface area is 173 Å². The number of anilines is 1. The van der Waals surface area contributed by atoms with E-state index < -0.39 is 5.97 Å². The molecule has 0 atom stereocenters. The van der Waals surface area contributed by atoms with Gasteiger partial charge in [0.25, 0.3) is 5.91 Å². The smallest absolute Gasteiger partial charge is 0.337 e. The Kier molecular flexibility index (Phi) is 5.74. The lowest BCUT2D eigenvalue weighted by molar-refractivity contribution is 0.0697. The zero-order chi connectivity index (χ0) is 19.6. The zero-order valence-corrected chi connectivity index (χ0v) is 16.8. The van der Waals surface area contributed by atoms with Crippen LogP contribution in [0.1, 0.15) is 20.7 Å². The second-order valence-electron chi connectivity index (χ2n) is 5.55. The van der Waals surface area contributed by atoms with E-state index in [4.69, 9.17) is 28.9 Å². The van der Waals surface area contributed by atoms with Crippen molar-refractivity contribution >= 4 is 73.2 Å². The van der Waals surface area contributed by atoms with Gasteiger partial charge in [0, 0.05) is 15.7 Å². The minimum atomic E-state index is -1.12. The molecule has 136 valence electrons. The molecular formula is C19H12BrClN2O3S. The molecule has 0 aliphatic carbocycles. The van der Waals surface area contributed by atoms with Gasteiger partial charge in [0.05, 0.1) is 10.6 Å². The SMILES string of the molecule is O=C(O)c1ccc(NC(=S)NC(=O)c2cccc3c(Br)cccc23)cc1Cl. The molecule has 0 aromatic heterocycles. The highest BCUT2D eigenvalue weighted by molar-refractivity contribution is 9.10. The van der Waals surface area contributed by atoms with Gasteiger partial charge in [-0.15, -0.1) is 0 Å². The van der Waals surface area contributed by atoms with Gasteiger partial charge in [-0.25, -0.2) is 4.79 Å². The first-order valence-electron chi connectivity index (χ1n) is 7.69. The van der Waals surface area contributed by atoms with Crippen LogP contribution in [0.4, 0.5) is 5.69 Å². The summed E-state index contributed by atoms with van der Waals surface area (Å²) in [6.07, 6.45) is 0. The Bertz CT molecular complexity index is 1090. The number of hydrogen-bond acceptors (Lipinski definition) is 3. The molecule has 0 fully saturated rings. The molecule has 27 heavy (non-hydrogen) atoms. The lowest BCUT2D eigenvalue weighted by Crippen LogP contribution is -2.34. The number of thiocarbonyl (C=S) groups is 1. The highest BCUT2D eigenvalue weighted by Crippen LogP contribution is 2.26. The second kappa shape index (κ2) is 8.04. The van der Waals surface area contributed by atoms with E-state index >= 15 is 0 Å². The highest BCUT2D eigenvalue weighted by atomic mass is 79.9. The van der Waals surface area contributed by atoms with Gasteiger partial charge in [0.15, 0.2) is 5.11 Å². The average molecular weight is 464 g/mol. The molecule has 1 amide bonds. The summed E-state index contributed by atoms with van der Waals surface area (Å²) >= 11 is 14.6. The molecule has 5 nitrogen and oxygen atoms in total. The van der Waals surface area contributed by atoms with Gasteiger partial charge in [0.2, 0.25) is 0 Å². The third kappa shape index (κ3) is 4.27. The van der Waals surface area contributed by atoms with Crippen LogP contribution >= 0.6 is 39.7 Å². The Balaban J connectivity index is 1.77. The molecule has 3 aromatic carbocycles. The monoisotopic (exact) mass is 462 g/mol. The standard InChI is InChI=1S/C19H12BrClN2O3S/c20-15-6-2-3-11-12(15)4-1-5-13(11)17(24)23-19(27)22-10-7-8-14(18(25)26)16(21)9-10/h1-9H,(H,25,26)(H2,22,23,24,27). The van der Waals surface area contributed by atoms with E-state index in [1.54, 1.807) is 12.1 Å². The van der Waals surface area contributed by atoms with Crippen molar-refractivity contribution in [3.8, 4) is 0 Å². The largest absolute Gasteiger partial charge is 0.478 e. The van der Waals surface area contributed by atoms with Gasteiger partial charge < -0.3 is 10.4 Å². The van der Waals surface area contributed by atoms with Gasteiger partial charge >= 0.3 is 5.97 Å². The number of nitrogens with one attached hydrogen (secondary N) is 2. The summed E-state index contributed by atoms with van der Waals surface area (Å²) in [7, 11) is 0. The molecule has 0 aliphatic rings. The summed E-state index contributed by atoms with van der Waals surface area (Å²) in [5, 5.41) is 16.3. The first-order valence-corrected chi connectivity index (χ1v) is 9.27. The Morgan fingerprint density at radius 1 is 1.00 bits per heavy atom. The van der Waals surface area contributed by atoms with Crippen LogP contribution in [0.25, 0.3) is 10.8 Å². The molecule has 0 heterocycles. The number of hydrogen-bond donors (Lipinski definition) is 3. The number of carbonyl (C=O) groups is 2. The van der Waals surface area contributed by atoms with Crippen molar-refractivity contribution in [1.29, 1.82) is 0 Å². The van der Waals surface area contributed by atoms with Crippen molar-refractivity contribution in [3.05, 3.63) is 75.2 Å². The number of carbonyl (C=O) groups excluding carboxylic acids is 1. The fourth-order valence-corrected chi connectivity index (χ4v) is 3.54. The van der Waals surface area contributed by atoms with Crippen LogP contribution in [0.2, 0.25) is 5.02 Å². The Morgan fingerprint density at radius 2 is 1.70 bits per heavy atom. The fourth-order valence-electron chi connectivity index (χ4n) is 2.57. The lowest BCUT2D eigenvalue weighted by Gasteiger charge is -2.12. The number of carboxylic acids is 1. The van der Waals surface area contributed by atoms with Gasteiger partial charge in [0.1, 0.15) is 0 Å². The molecule has 0 unspecified atom stereocenters. The number of aromatic carboxylic acids is 1. The van der Waals surface area contributed by atoms with Crippen LogP contribution in [0.5, 0.6) is 0 Å². The predicted octanol–water partition coefficient (Wildman–Crippen LogP) is 5.08. The maximum Gasteiger partial charge on any atom is 0.337 e. The molecule has 3 aromatic rings. The third-order valence-electron chi connectivity index (χ3n) is 3.80. The predicted molar refractivity (Wildman–Crippen MR) is 114 cm³/mol. The first-order chi connectivity index (χ1) is 12.9. The summed E-state index contributed by atoms with van der Waals surface area (Å²) < 4.78 is 0.892. The molecule has 3 rings (SSSR count). The number of amides is 1. The Morgan fingerprint density at radius 3 is 2.41 bits per heavy atom. The molecule has 0 saturated carbocycles. The normalized spacial score (nSPS) is 10.4. The highest BCUT2D eigenvalue weighted by Gasteiger charge is 2.13. The van der Waals surface area contributed by atoms with E-state index in [1.165, 1.54) is 18.2 Å². The van der Waals surface area contributed by atoms with Crippen LogP contribution in [-0.4, -0.2) is 22.1 Å². The Hall–Kier alpha value is -2.48. The number of fused-ring (bicyclic) bond motifs is 1. The van der Waals surface area contributed by atoms with Crippen LogP contribution in [0, 0.1) is 0 Å². The zero-order valence-electron chi connectivity index (χ0n) is 13.6. The van der Waals surface area contributed by atoms with E-state index in [1.807, 2.05) is 24.3 Å². The summed E-state index contributed by atoms with van der Waals surface area (Å²) in [5.74, 6) is -1.48. The van der Waals surface area contributed by atoms with Crippen LogP contribution < -0.4 is 10.6 Å². The number of carboxylic acid groups (broad SMARTS) is 1. The van der Waals surface area contributed by atoms with Gasteiger partial charge in [-0.2, -0.15) is 0 Å². The summed E-state index contributed by atoms with van der Waals surface area (Å²) in [6, 6.07) is 15.3. The quantitative estimate of drug-likeness (QED) is 0.472. The third-order valence-corrected chi connectivity index (χ3v) is 5.01. The minimum absolute atomic E-state index is 0.0153. The molecule has 3 N–H and O–H groups in total. The van der Waals surface area contributed by atoms with Crippen molar-refractivity contribution in [2.45, 2.75) is 0 Å². The van der Waals surface area contributed by atoms with E-state index in [-0.39, 0.29) is 21.6 Å². The van der Waals surface area contributed by atoms with Crippen molar-refractivity contribution < 1.29 is 14.7 Å². The van der Waals surface area contributed by atoms with E-state index in [9.17, 15) is 9.59 Å². The second-order valence-corrected chi connectivity index (χ2v) is 7.22. The van der Waals surface area contributed by atoms with Crippen LogP contribution in [0.15, 0.2) is 59.1 Å². The molecule has 0 spiro atoms. The molecule has 0 radical (unpaired) electrons. The number of benzene rings is 3. The molecule has 0 aliphatic heterocycles. The summed E-state index contributed by atoms with van der Waals surface area (Å²) in [6.45, 7) is 0. The van der Waals surface area contributed by atoms with Gasteiger partial charge in [-0.3, -0.25) is 10.1 Å². The van der Waals surface area contributed by atoms with Crippen molar-refractivity contribution in [2.75, 3.05) is 5.32 Å². The maximum absolute atomic E-state index is 12.6. The minimum Gasteiger partial charge on any atom is -0.478 e. The van der Waals surface area contributed by atoms with Gasteiger partial charge in [-0.1, -0.05) is 51.8 Å². The molecule has 8 heteroatoms. The molecule has 0 saturated heterocycles. The lowest BCUT2D eigenvalue weighted by atomic mass is 10.0. The topological polar surface area (TPSA) is 78.4 Å².